The normalized spacial score (nSPS) is 10.6. The summed E-state index contributed by atoms with van der Waals surface area (Å²) in [5.41, 5.74) is 1.78. The lowest BCUT2D eigenvalue weighted by atomic mass is 10.2. The van der Waals surface area contributed by atoms with Crippen molar-refractivity contribution < 1.29 is 4.79 Å². The summed E-state index contributed by atoms with van der Waals surface area (Å²) >= 11 is 1.76. The first-order valence-corrected chi connectivity index (χ1v) is 8.07. The Kier molecular flexibility index (Phi) is 5.44. The topological polar surface area (TPSA) is 38.1 Å². The molecule has 0 saturated carbocycles. The Morgan fingerprint density at radius 1 is 1.29 bits per heavy atom. The maximum atomic E-state index is 12.2. The number of aryl methyl sites for hydroxylation is 2. The van der Waals surface area contributed by atoms with Crippen LogP contribution in [0.5, 0.6) is 0 Å². The molecule has 0 aliphatic rings. The molecule has 1 amide bonds. The molecule has 112 valence electrons. The summed E-state index contributed by atoms with van der Waals surface area (Å²) in [6.45, 7) is 5.57. The molecule has 0 N–H and O–H groups in total. The van der Waals surface area contributed by atoms with Crippen molar-refractivity contribution >= 4 is 17.7 Å². The number of nitrogens with zero attached hydrogens (tertiary/aromatic N) is 3. The molecule has 1 aromatic heterocycles. The third kappa shape index (κ3) is 4.36. The summed E-state index contributed by atoms with van der Waals surface area (Å²) in [4.78, 5) is 15.2. The summed E-state index contributed by atoms with van der Waals surface area (Å²) in [5, 5.41) is 4.24. The molecule has 1 heterocycles. The largest absolute Gasteiger partial charge is 0.339 e. The van der Waals surface area contributed by atoms with Crippen molar-refractivity contribution in [2.75, 3.05) is 19.3 Å². The van der Waals surface area contributed by atoms with Gasteiger partial charge in [-0.1, -0.05) is 17.7 Å². The summed E-state index contributed by atoms with van der Waals surface area (Å²) in [6.07, 6.45) is 1.84. The van der Waals surface area contributed by atoms with Gasteiger partial charge < -0.3 is 4.90 Å². The number of carbonyl (C=O) groups is 1. The highest BCUT2D eigenvalue weighted by Crippen LogP contribution is 2.18. The average molecular weight is 303 g/mol. The van der Waals surface area contributed by atoms with E-state index in [1.807, 2.05) is 20.2 Å². The molecule has 0 bridgehead atoms. The van der Waals surface area contributed by atoms with Gasteiger partial charge in [0.25, 0.3) is 5.91 Å². The Morgan fingerprint density at radius 2 is 2.00 bits per heavy atom. The SMILES string of the molecule is CCn1ccc(C(=O)N(C)CCSc2ccc(C)cc2)n1. The highest BCUT2D eigenvalue weighted by Gasteiger charge is 2.14. The zero-order chi connectivity index (χ0) is 15.2. The Balaban J connectivity index is 1.82. The zero-order valence-electron chi connectivity index (χ0n) is 12.7. The smallest absolute Gasteiger partial charge is 0.274 e. The molecular formula is C16H21N3OS. The third-order valence-electron chi connectivity index (χ3n) is 3.25. The number of hydrogen-bond donors (Lipinski definition) is 0. The molecule has 5 heteroatoms. The molecule has 0 aliphatic heterocycles. The summed E-state index contributed by atoms with van der Waals surface area (Å²) in [5.74, 6) is 0.853. The fraction of sp³-hybridized carbons (Fsp3) is 0.375. The van der Waals surface area contributed by atoms with E-state index >= 15 is 0 Å². The van der Waals surface area contributed by atoms with Crippen molar-refractivity contribution in [1.29, 1.82) is 0 Å². The van der Waals surface area contributed by atoms with Crippen LogP contribution < -0.4 is 0 Å². The lowest BCUT2D eigenvalue weighted by Gasteiger charge is -2.15. The number of amides is 1. The molecule has 1 aromatic carbocycles. The third-order valence-corrected chi connectivity index (χ3v) is 4.24. The molecule has 0 aliphatic carbocycles. The Hall–Kier alpha value is -1.75. The van der Waals surface area contributed by atoms with Gasteiger partial charge in [0.1, 0.15) is 5.69 Å². The molecule has 0 unspecified atom stereocenters. The van der Waals surface area contributed by atoms with E-state index < -0.39 is 0 Å². The standard InChI is InChI=1S/C16H21N3OS/c1-4-19-10-9-15(17-19)16(20)18(3)11-12-21-14-7-5-13(2)6-8-14/h5-10H,4,11-12H2,1-3H3. The van der Waals surface area contributed by atoms with E-state index in [4.69, 9.17) is 0 Å². The van der Waals surface area contributed by atoms with Crippen LogP contribution in [0.2, 0.25) is 0 Å². The van der Waals surface area contributed by atoms with Crippen LogP contribution in [0.15, 0.2) is 41.4 Å². The van der Waals surface area contributed by atoms with Gasteiger partial charge in [-0.3, -0.25) is 9.48 Å². The lowest BCUT2D eigenvalue weighted by molar-refractivity contribution is 0.0797. The first-order valence-electron chi connectivity index (χ1n) is 7.08. The fourth-order valence-electron chi connectivity index (χ4n) is 1.88. The minimum atomic E-state index is -0.0216. The first-order chi connectivity index (χ1) is 10.1. The van der Waals surface area contributed by atoms with Crippen molar-refractivity contribution in [3.8, 4) is 0 Å². The molecule has 0 saturated heterocycles. The van der Waals surface area contributed by atoms with E-state index in [1.54, 1.807) is 27.4 Å². The number of carbonyl (C=O) groups excluding carboxylic acids is 1. The average Bonchev–Trinajstić information content (AvgIpc) is 2.97. The summed E-state index contributed by atoms with van der Waals surface area (Å²) in [6, 6.07) is 10.2. The van der Waals surface area contributed by atoms with Crippen LogP contribution in [0.25, 0.3) is 0 Å². The molecule has 2 rings (SSSR count). The van der Waals surface area contributed by atoms with Crippen LogP contribution in [0.3, 0.4) is 0 Å². The Labute approximate surface area is 130 Å². The van der Waals surface area contributed by atoms with Gasteiger partial charge in [-0.2, -0.15) is 5.10 Å². The number of thioether (sulfide) groups is 1. The van der Waals surface area contributed by atoms with Crippen LogP contribution in [-0.4, -0.2) is 39.9 Å². The van der Waals surface area contributed by atoms with Gasteiger partial charge in [0.05, 0.1) is 0 Å². The van der Waals surface area contributed by atoms with Gasteiger partial charge in [0.2, 0.25) is 0 Å². The number of benzene rings is 1. The van der Waals surface area contributed by atoms with Gasteiger partial charge >= 0.3 is 0 Å². The van der Waals surface area contributed by atoms with E-state index in [-0.39, 0.29) is 5.91 Å². The summed E-state index contributed by atoms with van der Waals surface area (Å²) < 4.78 is 1.77. The Morgan fingerprint density at radius 3 is 2.62 bits per heavy atom. The quantitative estimate of drug-likeness (QED) is 0.770. The van der Waals surface area contributed by atoms with Gasteiger partial charge in [0, 0.05) is 37.0 Å². The van der Waals surface area contributed by atoms with E-state index in [9.17, 15) is 4.79 Å². The predicted octanol–water partition coefficient (Wildman–Crippen LogP) is 3.08. The molecule has 2 aromatic rings. The molecule has 0 atom stereocenters. The van der Waals surface area contributed by atoms with Crippen molar-refractivity contribution in [2.45, 2.75) is 25.3 Å². The van der Waals surface area contributed by atoms with Crippen LogP contribution in [0, 0.1) is 6.92 Å². The van der Waals surface area contributed by atoms with E-state index in [0.717, 1.165) is 12.3 Å². The van der Waals surface area contributed by atoms with Gasteiger partial charge in [-0.05, 0) is 32.0 Å². The van der Waals surface area contributed by atoms with E-state index in [2.05, 4.69) is 36.3 Å². The first kappa shape index (κ1) is 15.6. The van der Waals surface area contributed by atoms with Crippen LogP contribution in [0.1, 0.15) is 23.0 Å². The molecule has 0 fully saturated rings. The molecule has 4 nitrogen and oxygen atoms in total. The van der Waals surface area contributed by atoms with Crippen molar-refractivity contribution in [3.05, 3.63) is 47.8 Å². The van der Waals surface area contributed by atoms with Crippen molar-refractivity contribution in [3.63, 3.8) is 0 Å². The monoisotopic (exact) mass is 303 g/mol. The highest BCUT2D eigenvalue weighted by atomic mass is 32.2. The maximum Gasteiger partial charge on any atom is 0.274 e. The van der Waals surface area contributed by atoms with Crippen LogP contribution in [-0.2, 0) is 6.54 Å². The molecule has 0 spiro atoms. The fourth-order valence-corrected chi connectivity index (χ4v) is 2.81. The molecule has 21 heavy (non-hydrogen) atoms. The van der Waals surface area contributed by atoms with Crippen LogP contribution in [0.4, 0.5) is 0 Å². The molecular weight excluding hydrogens is 282 g/mol. The second-order valence-electron chi connectivity index (χ2n) is 4.94. The second kappa shape index (κ2) is 7.31. The van der Waals surface area contributed by atoms with E-state index in [0.29, 0.717) is 12.2 Å². The number of hydrogen-bond acceptors (Lipinski definition) is 3. The Bertz CT molecular complexity index is 592. The number of rotatable bonds is 6. The second-order valence-corrected chi connectivity index (χ2v) is 6.11. The summed E-state index contributed by atoms with van der Waals surface area (Å²) in [7, 11) is 1.82. The van der Waals surface area contributed by atoms with Gasteiger partial charge in [-0.25, -0.2) is 0 Å². The number of aromatic nitrogens is 2. The minimum Gasteiger partial charge on any atom is -0.339 e. The van der Waals surface area contributed by atoms with E-state index in [1.165, 1.54) is 10.5 Å². The predicted molar refractivity (Wildman–Crippen MR) is 86.8 cm³/mol. The van der Waals surface area contributed by atoms with Crippen molar-refractivity contribution in [2.24, 2.45) is 0 Å². The lowest BCUT2D eigenvalue weighted by Crippen LogP contribution is -2.29. The maximum absolute atomic E-state index is 12.2. The molecule has 0 radical (unpaired) electrons. The van der Waals surface area contributed by atoms with Crippen molar-refractivity contribution in [1.82, 2.24) is 14.7 Å². The zero-order valence-corrected chi connectivity index (χ0v) is 13.6. The minimum absolute atomic E-state index is 0.0216. The highest BCUT2D eigenvalue weighted by molar-refractivity contribution is 7.99. The van der Waals surface area contributed by atoms with Gasteiger partial charge in [0.15, 0.2) is 0 Å². The van der Waals surface area contributed by atoms with Crippen LogP contribution >= 0.6 is 11.8 Å². The van der Waals surface area contributed by atoms with Gasteiger partial charge in [-0.15, -0.1) is 11.8 Å².